The van der Waals surface area contributed by atoms with Crippen LogP contribution in [0.4, 0.5) is 0 Å². The van der Waals surface area contributed by atoms with E-state index in [0.29, 0.717) is 6.07 Å². The van der Waals surface area contributed by atoms with Gasteiger partial charge in [0.05, 0.1) is 4.90 Å². The second-order valence-corrected chi connectivity index (χ2v) is 11.3. The summed E-state index contributed by atoms with van der Waals surface area (Å²) in [7, 11) is -14.5. The molecule has 0 radical (unpaired) electrons. The van der Waals surface area contributed by atoms with E-state index in [1.54, 1.807) is 6.07 Å². The molecule has 0 spiro atoms. The van der Waals surface area contributed by atoms with Crippen molar-refractivity contribution >= 4 is 51.9 Å². The van der Waals surface area contributed by atoms with Crippen LogP contribution in [0.15, 0.2) is 75.4 Å². The molecule has 0 saturated heterocycles. The number of benzene rings is 4. The first kappa shape index (κ1) is 23.1. The van der Waals surface area contributed by atoms with E-state index in [4.69, 9.17) is 0 Å². The summed E-state index contributed by atoms with van der Waals surface area (Å²) in [4.78, 5) is -2.13. The Hall–Kier alpha value is -3.07. The SMILES string of the molecule is O=S(=O)(O)c1cc(S(=O)(=O)O)c2c(-c3ccc(S(=O)(=O)O)c4ccccc34)c(O)ccc2c1. The number of rotatable bonds is 4. The summed E-state index contributed by atoms with van der Waals surface area (Å²) in [5.74, 6) is -0.461. The van der Waals surface area contributed by atoms with Crippen molar-refractivity contribution in [3.8, 4) is 16.9 Å². The predicted octanol–water partition coefficient (Wildman–Crippen LogP) is 3.11. The molecular weight excluding hydrogens is 496 g/mol. The largest absolute Gasteiger partial charge is 0.507 e. The molecule has 0 aromatic heterocycles. The molecule has 0 fully saturated rings. The smallest absolute Gasteiger partial charge is 0.295 e. The van der Waals surface area contributed by atoms with Crippen molar-refractivity contribution in [2.45, 2.75) is 14.7 Å². The third-order valence-corrected chi connectivity index (χ3v) is 7.66. The summed E-state index contributed by atoms with van der Waals surface area (Å²) in [6.07, 6.45) is 0. The number of aromatic hydroxyl groups is 1. The highest BCUT2D eigenvalue weighted by Gasteiger charge is 2.26. The Morgan fingerprint density at radius 1 is 0.606 bits per heavy atom. The van der Waals surface area contributed by atoms with Crippen LogP contribution >= 0.6 is 0 Å². The quantitative estimate of drug-likeness (QED) is 0.297. The van der Waals surface area contributed by atoms with Crippen LogP contribution in [0.1, 0.15) is 0 Å². The van der Waals surface area contributed by atoms with Crippen LogP contribution in [-0.2, 0) is 30.4 Å². The van der Waals surface area contributed by atoms with Gasteiger partial charge in [0.1, 0.15) is 15.5 Å². The van der Waals surface area contributed by atoms with Gasteiger partial charge in [-0.1, -0.05) is 36.4 Å². The zero-order chi connectivity index (χ0) is 24.3. The Labute approximate surface area is 188 Å². The van der Waals surface area contributed by atoms with Crippen molar-refractivity contribution in [1.29, 1.82) is 0 Å². The fourth-order valence-corrected chi connectivity index (χ4v) is 5.80. The highest BCUT2D eigenvalue weighted by Crippen LogP contribution is 2.44. The average molecular weight is 511 g/mol. The lowest BCUT2D eigenvalue weighted by Crippen LogP contribution is -2.05. The average Bonchev–Trinajstić information content (AvgIpc) is 2.70. The molecule has 10 nitrogen and oxygen atoms in total. The Kier molecular flexibility index (Phi) is 5.24. The normalized spacial score (nSPS) is 12.9. The minimum atomic E-state index is -5.07. The molecule has 4 aromatic carbocycles. The van der Waals surface area contributed by atoms with Crippen molar-refractivity contribution in [3.63, 3.8) is 0 Å². The molecule has 0 aliphatic carbocycles. The van der Waals surface area contributed by atoms with E-state index in [-0.39, 0.29) is 32.7 Å². The molecule has 33 heavy (non-hydrogen) atoms. The molecule has 4 aromatic rings. The number of phenolic OH excluding ortho intramolecular Hbond substituents is 1. The molecule has 0 atom stereocenters. The minimum absolute atomic E-state index is 0.0616. The maximum Gasteiger partial charge on any atom is 0.295 e. The first-order valence-electron chi connectivity index (χ1n) is 8.94. The van der Waals surface area contributed by atoms with Crippen LogP contribution in [0.2, 0.25) is 0 Å². The van der Waals surface area contributed by atoms with E-state index < -0.39 is 50.8 Å². The summed E-state index contributed by atoms with van der Waals surface area (Å²) in [6, 6.07) is 12.0. The standard InChI is InChI=1S/C20H14O10S3/c21-16-7-5-11-9-12(31(22,23)24)10-18(33(28,29)30)19(11)20(16)15-6-8-17(32(25,26)27)14-4-2-1-3-13(14)15/h1-10,21H,(H,22,23,24)(H,25,26,27)(H,28,29,30). The number of fused-ring (bicyclic) bond motifs is 2. The van der Waals surface area contributed by atoms with Gasteiger partial charge in [-0.2, -0.15) is 25.3 Å². The molecule has 0 unspecified atom stereocenters. The second-order valence-electron chi connectivity index (χ2n) is 7.06. The van der Waals surface area contributed by atoms with Crippen LogP contribution < -0.4 is 0 Å². The molecular formula is C20H14O10S3. The van der Waals surface area contributed by atoms with Crippen molar-refractivity contribution in [3.05, 3.63) is 60.7 Å². The van der Waals surface area contributed by atoms with Crippen LogP contribution in [0.3, 0.4) is 0 Å². The Morgan fingerprint density at radius 3 is 1.79 bits per heavy atom. The number of phenols is 1. The summed E-state index contributed by atoms with van der Waals surface area (Å²) >= 11 is 0. The van der Waals surface area contributed by atoms with Gasteiger partial charge in [-0.3, -0.25) is 13.7 Å². The summed E-state index contributed by atoms with van der Waals surface area (Å²) in [5, 5.41) is 10.6. The van der Waals surface area contributed by atoms with Gasteiger partial charge in [0.15, 0.2) is 0 Å². The lowest BCUT2D eigenvalue weighted by molar-refractivity contribution is 0.477. The van der Waals surface area contributed by atoms with E-state index in [1.807, 2.05) is 0 Å². The predicted molar refractivity (Wildman–Crippen MR) is 118 cm³/mol. The number of hydrogen-bond donors (Lipinski definition) is 4. The van der Waals surface area contributed by atoms with Gasteiger partial charge >= 0.3 is 0 Å². The van der Waals surface area contributed by atoms with Gasteiger partial charge in [0, 0.05) is 16.3 Å². The van der Waals surface area contributed by atoms with Crippen molar-refractivity contribution in [2.75, 3.05) is 0 Å². The van der Waals surface area contributed by atoms with E-state index >= 15 is 0 Å². The van der Waals surface area contributed by atoms with Gasteiger partial charge in [0.2, 0.25) is 0 Å². The molecule has 0 amide bonds. The molecule has 0 bridgehead atoms. The van der Waals surface area contributed by atoms with Crippen molar-refractivity contribution in [2.24, 2.45) is 0 Å². The zero-order valence-corrected chi connectivity index (χ0v) is 18.7. The van der Waals surface area contributed by atoms with Gasteiger partial charge in [-0.05, 0) is 40.6 Å². The lowest BCUT2D eigenvalue weighted by atomic mass is 9.93. The maximum absolute atomic E-state index is 12.2. The summed E-state index contributed by atoms with van der Waals surface area (Å²) in [6.45, 7) is 0. The Balaban J connectivity index is 2.25. The summed E-state index contributed by atoms with van der Waals surface area (Å²) in [5.41, 5.74) is -0.0225. The zero-order valence-electron chi connectivity index (χ0n) is 16.2. The first-order chi connectivity index (χ1) is 15.2. The van der Waals surface area contributed by atoms with E-state index in [9.17, 15) is 44.0 Å². The summed E-state index contributed by atoms with van der Waals surface area (Å²) < 4.78 is 99.9. The van der Waals surface area contributed by atoms with Gasteiger partial charge in [-0.25, -0.2) is 0 Å². The van der Waals surface area contributed by atoms with E-state index in [0.717, 1.165) is 18.2 Å². The Bertz CT molecular complexity index is 1790. The molecule has 172 valence electrons. The van der Waals surface area contributed by atoms with Gasteiger partial charge in [0.25, 0.3) is 30.4 Å². The molecule has 0 aliphatic heterocycles. The minimum Gasteiger partial charge on any atom is -0.507 e. The second kappa shape index (κ2) is 7.48. The van der Waals surface area contributed by atoms with Crippen molar-refractivity contribution in [1.82, 2.24) is 0 Å². The third-order valence-electron chi connectivity index (χ3n) is 5.04. The molecule has 13 heteroatoms. The van der Waals surface area contributed by atoms with Crippen LogP contribution in [0.25, 0.3) is 32.7 Å². The first-order valence-corrected chi connectivity index (χ1v) is 13.3. The number of hydrogen-bond acceptors (Lipinski definition) is 7. The van der Waals surface area contributed by atoms with Crippen LogP contribution in [0.5, 0.6) is 5.75 Å². The fraction of sp³-hybridized carbons (Fsp3) is 0. The van der Waals surface area contributed by atoms with Crippen LogP contribution in [0, 0.1) is 0 Å². The topological polar surface area (TPSA) is 183 Å². The highest BCUT2D eigenvalue weighted by molar-refractivity contribution is 7.87. The molecule has 0 saturated carbocycles. The Morgan fingerprint density at radius 2 is 1.21 bits per heavy atom. The van der Waals surface area contributed by atoms with E-state index in [2.05, 4.69) is 0 Å². The highest BCUT2D eigenvalue weighted by atomic mass is 32.2. The van der Waals surface area contributed by atoms with Crippen LogP contribution in [-0.4, -0.2) is 44.0 Å². The van der Waals surface area contributed by atoms with E-state index in [1.165, 1.54) is 30.3 Å². The molecule has 0 heterocycles. The molecule has 4 rings (SSSR count). The molecule has 0 aliphatic rings. The van der Waals surface area contributed by atoms with Gasteiger partial charge in [-0.15, -0.1) is 0 Å². The maximum atomic E-state index is 12.2. The van der Waals surface area contributed by atoms with Crippen molar-refractivity contribution < 1.29 is 44.0 Å². The van der Waals surface area contributed by atoms with Gasteiger partial charge < -0.3 is 5.11 Å². The lowest BCUT2D eigenvalue weighted by Gasteiger charge is -2.16. The molecule has 4 N–H and O–H groups in total. The third kappa shape index (κ3) is 4.06. The fourth-order valence-electron chi connectivity index (χ4n) is 3.73. The monoisotopic (exact) mass is 510 g/mol.